The van der Waals surface area contributed by atoms with Crippen LogP contribution in [-0.4, -0.2) is 38.1 Å². The third kappa shape index (κ3) is 3.74. The van der Waals surface area contributed by atoms with E-state index in [9.17, 15) is 4.79 Å². The van der Waals surface area contributed by atoms with Gasteiger partial charge in [0.2, 0.25) is 0 Å². The second-order valence-electron chi connectivity index (χ2n) is 4.58. The smallest absolute Gasteiger partial charge is 0.252 e. The molecule has 112 valence electrons. The number of rotatable bonds is 6. The van der Waals surface area contributed by atoms with Crippen LogP contribution in [0.3, 0.4) is 0 Å². The number of anilines is 1. The molecule has 0 spiro atoms. The van der Waals surface area contributed by atoms with Crippen molar-refractivity contribution in [1.29, 1.82) is 0 Å². The molecule has 1 amide bonds. The van der Waals surface area contributed by atoms with Gasteiger partial charge in [0.25, 0.3) is 5.91 Å². The molecule has 0 saturated carbocycles. The predicted octanol–water partition coefficient (Wildman–Crippen LogP) is 1.08. The summed E-state index contributed by atoms with van der Waals surface area (Å²) in [6.45, 7) is 6.54. The number of aromatic nitrogens is 5. The van der Waals surface area contributed by atoms with Crippen molar-refractivity contribution in [1.82, 2.24) is 30.9 Å². The van der Waals surface area contributed by atoms with Crippen LogP contribution < -0.4 is 10.6 Å². The summed E-state index contributed by atoms with van der Waals surface area (Å²) in [5, 5.41) is 19.5. The molecule has 2 aromatic rings. The van der Waals surface area contributed by atoms with Gasteiger partial charge in [0.05, 0.1) is 6.04 Å². The van der Waals surface area contributed by atoms with Gasteiger partial charge in [-0.2, -0.15) is 5.21 Å². The third-order valence-corrected chi connectivity index (χ3v) is 2.96. The number of aryl methyl sites for hydroxylation is 1. The van der Waals surface area contributed by atoms with E-state index in [1.165, 1.54) is 0 Å². The average Bonchev–Trinajstić information content (AvgIpc) is 3.01. The summed E-state index contributed by atoms with van der Waals surface area (Å²) in [6, 6.07) is 3.21. The summed E-state index contributed by atoms with van der Waals surface area (Å²) < 4.78 is 0. The average molecular weight is 289 g/mol. The number of H-pyrrole nitrogens is 1. The zero-order valence-electron chi connectivity index (χ0n) is 12.3. The Morgan fingerprint density at radius 3 is 2.81 bits per heavy atom. The minimum Gasteiger partial charge on any atom is -0.370 e. The van der Waals surface area contributed by atoms with Crippen molar-refractivity contribution in [2.24, 2.45) is 0 Å². The highest BCUT2D eigenvalue weighted by atomic mass is 16.1. The standard InChI is InChI=1S/C13H19N7O/c1-4-10-6-9(7-11(16-10)14-5-2)13(21)15-8(3)12-17-19-20-18-12/h6-8H,4-5H2,1-3H3,(H,14,16)(H,15,21)(H,17,18,19,20). The SMILES string of the molecule is CCNc1cc(C(=O)NC(C)c2nn[nH]n2)cc(CC)n1. The molecule has 1 unspecified atom stereocenters. The monoisotopic (exact) mass is 289 g/mol. The minimum absolute atomic E-state index is 0.191. The van der Waals surface area contributed by atoms with Crippen LogP contribution in [0, 0.1) is 0 Å². The summed E-state index contributed by atoms with van der Waals surface area (Å²) in [7, 11) is 0. The molecule has 0 radical (unpaired) electrons. The largest absolute Gasteiger partial charge is 0.370 e. The molecule has 0 saturated heterocycles. The Kier molecular flexibility index (Phi) is 4.81. The molecule has 1 atom stereocenters. The van der Waals surface area contributed by atoms with E-state index < -0.39 is 0 Å². The van der Waals surface area contributed by atoms with E-state index in [0.717, 1.165) is 18.7 Å². The fraction of sp³-hybridized carbons (Fsp3) is 0.462. The molecule has 2 heterocycles. The van der Waals surface area contributed by atoms with E-state index in [1.54, 1.807) is 19.1 Å². The minimum atomic E-state index is -0.322. The lowest BCUT2D eigenvalue weighted by Crippen LogP contribution is -2.27. The Morgan fingerprint density at radius 2 is 2.19 bits per heavy atom. The van der Waals surface area contributed by atoms with E-state index in [1.807, 2.05) is 13.8 Å². The summed E-state index contributed by atoms with van der Waals surface area (Å²) in [5.41, 5.74) is 1.43. The first-order valence-electron chi connectivity index (χ1n) is 6.93. The van der Waals surface area contributed by atoms with Crippen molar-refractivity contribution >= 4 is 11.7 Å². The molecule has 2 aromatic heterocycles. The van der Waals surface area contributed by atoms with Crippen LogP contribution in [0.15, 0.2) is 12.1 Å². The fourth-order valence-corrected chi connectivity index (χ4v) is 1.87. The molecule has 0 aromatic carbocycles. The van der Waals surface area contributed by atoms with E-state index >= 15 is 0 Å². The highest BCUT2D eigenvalue weighted by Crippen LogP contribution is 2.13. The maximum absolute atomic E-state index is 12.3. The number of nitrogens with one attached hydrogen (secondary N) is 3. The van der Waals surface area contributed by atoms with Crippen molar-refractivity contribution in [3.05, 3.63) is 29.2 Å². The van der Waals surface area contributed by atoms with Crippen LogP contribution in [0.1, 0.15) is 48.7 Å². The Labute approximate surface area is 122 Å². The van der Waals surface area contributed by atoms with Gasteiger partial charge in [-0.25, -0.2) is 4.98 Å². The highest BCUT2D eigenvalue weighted by Gasteiger charge is 2.16. The van der Waals surface area contributed by atoms with Crippen LogP contribution in [-0.2, 0) is 6.42 Å². The quantitative estimate of drug-likeness (QED) is 0.734. The van der Waals surface area contributed by atoms with E-state index in [-0.39, 0.29) is 11.9 Å². The van der Waals surface area contributed by atoms with E-state index in [0.29, 0.717) is 17.2 Å². The molecule has 0 aliphatic rings. The van der Waals surface area contributed by atoms with Gasteiger partial charge < -0.3 is 10.6 Å². The van der Waals surface area contributed by atoms with Crippen LogP contribution in [0.4, 0.5) is 5.82 Å². The second-order valence-corrected chi connectivity index (χ2v) is 4.58. The number of nitrogens with zero attached hydrogens (tertiary/aromatic N) is 4. The summed E-state index contributed by atoms with van der Waals surface area (Å²) in [5.74, 6) is 0.956. The molecule has 0 fully saturated rings. The maximum Gasteiger partial charge on any atom is 0.252 e. The topological polar surface area (TPSA) is 108 Å². The van der Waals surface area contributed by atoms with Crippen molar-refractivity contribution in [3.63, 3.8) is 0 Å². The zero-order chi connectivity index (χ0) is 15.2. The zero-order valence-corrected chi connectivity index (χ0v) is 12.3. The number of amides is 1. The lowest BCUT2D eigenvalue weighted by Gasteiger charge is -2.12. The molecular weight excluding hydrogens is 270 g/mol. The van der Waals surface area contributed by atoms with Gasteiger partial charge in [0.15, 0.2) is 5.82 Å². The van der Waals surface area contributed by atoms with Crippen LogP contribution >= 0.6 is 0 Å². The Balaban J connectivity index is 2.16. The van der Waals surface area contributed by atoms with Crippen molar-refractivity contribution in [2.45, 2.75) is 33.2 Å². The van der Waals surface area contributed by atoms with Gasteiger partial charge in [-0.1, -0.05) is 12.1 Å². The van der Waals surface area contributed by atoms with Gasteiger partial charge in [0, 0.05) is 17.8 Å². The van der Waals surface area contributed by atoms with Gasteiger partial charge in [-0.15, -0.1) is 10.2 Å². The van der Waals surface area contributed by atoms with Crippen LogP contribution in [0.25, 0.3) is 0 Å². The number of hydrogen-bond acceptors (Lipinski definition) is 6. The van der Waals surface area contributed by atoms with Gasteiger partial charge in [0.1, 0.15) is 5.82 Å². The molecule has 8 nitrogen and oxygen atoms in total. The summed E-state index contributed by atoms with van der Waals surface area (Å²) in [6.07, 6.45) is 0.764. The van der Waals surface area contributed by atoms with Crippen LogP contribution in [0.2, 0.25) is 0 Å². The van der Waals surface area contributed by atoms with Crippen molar-refractivity contribution in [2.75, 3.05) is 11.9 Å². The fourth-order valence-electron chi connectivity index (χ4n) is 1.87. The van der Waals surface area contributed by atoms with E-state index in [4.69, 9.17) is 0 Å². The molecule has 3 N–H and O–H groups in total. The van der Waals surface area contributed by atoms with Crippen molar-refractivity contribution in [3.8, 4) is 0 Å². The van der Waals surface area contributed by atoms with Crippen LogP contribution in [0.5, 0.6) is 0 Å². The van der Waals surface area contributed by atoms with E-state index in [2.05, 4.69) is 36.2 Å². The lowest BCUT2D eigenvalue weighted by molar-refractivity contribution is 0.0938. The molecule has 8 heteroatoms. The first-order chi connectivity index (χ1) is 10.1. The number of carbonyl (C=O) groups is 1. The first-order valence-corrected chi connectivity index (χ1v) is 6.93. The molecule has 21 heavy (non-hydrogen) atoms. The second kappa shape index (κ2) is 6.78. The molecule has 0 aliphatic carbocycles. The maximum atomic E-state index is 12.3. The van der Waals surface area contributed by atoms with Gasteiger partial charge in [-0.3, -0.25) is 4.79 Å². The number of aromatic amines is 1. The van der Waals surface area contributed by atoms with Gasteiger partial charge >= 0.3 is 0 Å². The number of hydrogen-bond donors (Lipinski definition) is 3. The summed E-state index contributed by atoms with van der Waals surface area (Å²) in [4.78, 5) is 16.7. The first kappa shape index (κ1) is 14.9. The third-order valence-electron chi connectivity index (χ3n) is 2.96. The Morgan fingerprint density at radius 1 is 1.38 bits per heavy atom. The number of carbonyl (C=O) groups excluding carboxylic acids is 1. The molecular formula is C13H19N7O. The molecule has 0 bridgehead atoms. The molecule has 0 aliphatic heterocycles. The summed E-state index contributed by atoms with van der Waals surface area (Å²) >= 11 is 0. The normalized spacial score (nSPS) is 12.0. The Hall–Kier alpha value is -2.51. The number of tetrazole rings is 1. The van der Waals surface area contributed by atoms with Gasteiger partial charge in [-0.05, 0) is 32.4 Å². The molecule has 2 rings (SSSR count). The lowest BCUT2D eigenvalue weighted by atomic mass is 10.1. The Bertz CT molecular complexity index is 597. The predicted molar refractivity (Wildman–Crippen MR) is 77.8 cm³/mol. The number of pyridine rings is 1. The highest BCUT2D eigenvalue weighted by molar-refractivity contribution is 5.95. The van der Waals surface area contributed by atoms with Crippen molar-refractivity contribution < 1.29 is 4.79 Å².